The van der Waals surface area contributed by atoms with Crippen LogP contribution in [0.5, 0.6) is 0 Å². The second-order valence-electron chi connectivity index (χ2n) is 6.66. The zero-order valence-corrected chi connectivity index (χ0v) is 13.3. The predicted octanol–water partition coefficient (Wildman–Crippen LogP) is 4.73. The molecule has 0 radical (unpaired) electrons. The first-order chi connectivity index (χ1) is 10.0. The van der Waals surface area contributed by atoms with Crippen molar-refractivity contribution < 1.29 is 8.78 Å². The average Bonchev–Trinajstić information content (AvgIpc) is 2.47. The van der Waals surface area contributed by atoms with Crippen molar-refractivity contribution in [1.82, 2.24) is 5.32 Å². The molecule has 1 aliphatic carbocycles. The molecule has 1 N–H and O–H groups in total. The number of halogens is 2. The number of benzene rings is 1. The van der Waals surface area contributed by atoms with Crippen LogP contribution in [0, 0.1) is 29.4 Å². The highest BCUT2D eigenvalue weighted by Crippen LogP contribution is 2.43. The van der Waals surface area contributed by atoms with Crippen molar-refractivity contribution in [2.75, 3.05) is 13.1 Å². The van der Waals surface area contributed by atoms with E-state index in [1.54, 1.807) is 6.07 Å². The van der Waals surface area contributed by atoms with Crippen molar-refractivity contribution in [2.24, 2.45) is 17.8 Å². The first-order valence-electron chi connectivity index (χ1n) is 8.18. The van der Waals surface area contributed by atoms with Gasteiger partial charge in [0, 0.05) is 0 Å². The van der Waals surface area contributed by atoms with Gasteiger partial charge in [-0.1, -0.05) is 26.8 Å². The highest BCUT2D eigenvalue weighted by Gasteiger charge is 2.32. The first kappa shape index (κ1) is 16.4. The molecule has 1 nitrogen and oxygen atoms in total. The Balaban J connectivity index is 2.20. The van der Waals surface area contributed by atoms with E-state index in [2.05, 4.69) is 26.1 Å². The summed E-state index contributed by atoms with van der Waals surface area (Å²) in [5.74, 6) is 0.712. The van der Waals surface area contributed by atoms with Crippen molar-refractivity contribution in [3.05, 3.63) is 35.4 Å². The molecule has 1 aliphatic rings. The molecule has 0 saturated heterocycles. The van der Waals surface area contributed by atoms with E-state index in [4.69, 9.17) is 0 Å². The fourth-order valence-corrected chi connectivity index (χ4v) is 3.60. The zero-order valence-electron chi connectivity index (χ0n) is 13.3. The van der Waals surface area contributed by atoms with E-state index < -0.39 is 11.6 Å². The van der Waals surface area contributed by atoms with Gasteiger partial charge in [0.25, 0.3) is 0 Å². The van der Waals surface area contributed by atoms with Crippen LogP contribution in [0.3, 0.4) is 0 Å². The second-order valence-corrected chi connectivity index (χ2v) is 6.66. The van der Waals surface area contributed by atoms with Crippen molar-refractivity contribution in [1.29, 1.82) is 0 Å². The smallest absolute Gasteiger partial charge is 0.159 e. The van der Waals surface area contributed by atoms with Crippen LogP contribution in [0.1, 0.15) is 51.5 Å². The Bertz CT molecular complexity index is 459. The predicted molar refractivity (Wildman–Crippen MR) is 83.3 cm³/mol. The van der Waals surface area contributed by atoms with E-state index in [1.165, 1.54) is 25.0 Å². The van der Waals surface area contributed by atoms with Gasteiger partial charge in [-0.15, -0.1) is 0 Å². The van der Waals surface area contributed by atoms with Crippen molar-refractivity contribution in [3.63, 3.8) is 0 Å². The van der Waals surface area contributed by atoms with Gasteiger partial charge in [-0.3, -0.25) is 0 Å². The minimum Gasteiger partial charge on any atom is -0.317 e. The van der Waals surface area contributed by atoms with E-state index in [-0.39, 0.29) is 0 Å². The summed E-state index contributed by atoms with van der Waals surface area (Å²) < 4.78 is 26.8. The molecule has 1 aromatic rings. The minimum atomic E-state index is -0.752. The summed E-state index contributed by atoms with van der Waals surface area (Å²) >= 11 is 0. The molecular formula is C18H27F2N. The maximum atomic E-state index is 13.6. The highest BCUT2D eigenvalue weighted by atomic mass is 19.2. The van der Waals surface area contributed by atoms with E-state index in [0.717, 1.165) is 25.1 Å². The van der Waals surface area contributed by atoms with E-state index in [9.17, 15) is 8.78 Å². The molecule has 1 fully saturated rings. The Labute approximate surface area is 127 Å². The van der Waals surface area contributed by atoms with Gasteiger partial charge in [0.05, 0.1) is 0 Å². The molecule has 0 heterocycles. The molecule has 1 aromatic carbocycles. The Morgan fingerprint density at radius 3 is 2.57 bits per heavy atom. The summed E-state index contributed by atoms with van der Waals surface area (Å²) in [5, 5.41) is 3.42. The van der Waals surface area contributed by atoms with Gasteiger partial charge in [-0.05, 0) is 73.7 Å². The Morgan fingerprint density at radius 1 is 1.19 bits per heavy atom. The summed E-state index contributed by atoms with van der Waals surface area (Å²) in [6, 6.07) is 4.44. The van der Waals surface area contributed by atoms with Crippen LogP contribution in [0.2, 0.25) is 0 Å². The lowest BCUT2D eigenvalue weighted by atomic mass is 9.68. The Morgan fingerprint density at radius 2 is 1.95 bits per heavy atom. The first-order valence-corrected chi connectivity index (χ1v) is 8.18. The maximum Gasteiger partial charge on any atom is 0.159 e. The summed E-state index contributed by atoms with van der Waals surface area (Å²) in [7, 11) is 0. The van der Waals surface area contributed by atoms with Gasteiger partial charge < -0.3 is 5.32 Å². The number of hydrogen-bond acceptors (Lipinski definition) is 1. The molecule has 0 aliphatic heterocycles. The van der Waals surface area contributed by atoms with Gasteiger partial charge in [-0.2, -0.15) is 0 Å². The molecule has 3 atom stereocenters. The number of rotatable bonds is 5. The lowest BCUT2D eigenvalue weighted by molar-refractivity contribution is 0.190. The van der Waals surface area contributed by atoms with Gasteiger partial charge in [-0.25, -0.2) is 8.78 Å². The van der Waals surface area contributed by atoms with Crippen molar-refractivity contribution in [3.8, 4) is 0 Å². The lowest BCUT2D eigenvalue weighted by Crippen LogP contribution is -2.33. The van der Waals surface area contributed by atoms with Crippen molar-refractivity contribution in [2.45, 2.75) is 46.0 Å². The van der Waals surface area contributed by atoms with E-state index in [0.29, 0.717) is 23.7 Å². The van der Waals surface area contributed by atoms with E-state index in [1.807, 2.05) is 0 Å². The third kappa shape index (κ3) is 4.03. The largest absolute Gasteiger partial charge is 0.317 e. The lowest BCUT2D eigenvalue weighted by Gasteiger charge is -2.38. The normalized spacial score (nSPS) is 26.3. The molecule has 0 bridgehead atoms. The molecule has 118 valence electrons. The summed E-state index contributed by atoms with van der Waals surface area (Å²) in [5.41, 5.74) is 0.960. The van der Waals surface area contributed by atoms with Gasteiger partial charge in [0.1, 0.15) is 0 Å². The van der Waals surface area contributed by atoms with Gasteiger partial charge in [0.2, 0.25) is 0 Å². The van der Waals surface area contributed by atoms with Crippen LogP contribution in [0.4, 0.5) is 8.78 Å². The highest BCUT2D eigenvalue weighted by molar-refractivity contribution is 5.23. The van der Waals surface area contributed by atoms with Crippen LogP contribution in [0.15, 0.2) is 18.2 Å². The zero-order chi connectivity index (χ0) is 15.4. The summed E-state index contributed by atoms with van der Waals surface area (Å²) in [6.07, 6.45) is 3.49. The minimum absolute atomic E-state index is 0.334. The quantitative estimate of drug-likeness (QED) is 0.828. The molecular weight excluding hydrogens is 268 g/mol. The molecule has 0 spiro atoms. The molecule has 1 saturated carbocycles. The van der Waals surface area contributed by atoms with Crippen LogP contribution in [0.25, 0.3) is 0 Å². The average molecular weight is 295 g/mol. The van der Waals surface area contributed by atoms with E-state index >= 15 is 0 Å². The molecule has 0 amide bonds. The molecule has 21 heavy (non-hydrogen) atoms. The fourth-order valence-electron chi connectivity index (χ4n) is 3.60. The van der Waals surface area contributed by atoms with Crippen LogP contribution in [-0.2, 0) is 0 Å². The Kier molecular flexibility index (Phi) is 5.74. The number of hydrogen-bond donors (Lipinski definition) is 1. The standard InChI is InChI=1S/C18H27F2N/c1-4-21-11-15-6-5-13(12(2)3)9-16(15)14-7-8-17(19)18(20)10-14/h7-8,10,12-13,15-16,21H,4-6,9,11H2,1-3H3. The summed E-state index contributed by atoms with van der Waals surface area (Å²) in [4.78, 5) is 0. The maximum absolute atomic E-state index is 13.6. The molecule has 3 heteroatoms. The molecule has 3 unspecified atom stereocenters. The fraction of sp³-hybridized carbons (Fsp3) is 0.667. The van der Waals surface area contributed by atoms with Gasteiger partial charge in [0.15, 0.2) is 11.6 Å². The topological polar surface area (TPSA) is 12.0 Å². The Hall–Kier alpha value is -0.960. The SMILES string of the molecule is CCNCC1CCC(C(C)C)CC1c1ccc(F)c(F)c1. The van der Waals surface area contributed by atoms with Crippen LogP contribution < -0.4 is 5.32 Å². The third-order valence-electron chi connectivity index (χ3n) is 5.01. The second kappa shape index (κ2) is 7.35. The molecule has 0 aromatic heterocycles. The third-order valence-corrected chi connectivity index (χ3v) is 5.01. The molecule has 2 rings (SSSR count). The monoisotopic (exact) mass is 295 g/mol. The van der Waals surface area contributed by atoms with Gasteiger partial charge >= 0.3 is 0 Å². The number of nitrogens with one attached hydrogen (secondary N) is 1. The van der Waals surface area contributed by atoms with Crippen molar-refractivity contribution >= 4 is 0 Å². The van der Waals surface area contributed by atoms with Crippen LogP contribution >= 0.6 is 0 Å². The summed E-state index contributed by atoms with van der Waals surface area (Å²) in [6.45, 7) is 8.54. The van der Waals surface area contributed by atoms with Crippen LogP contribution in [-0.4, -0.2) is 13.1 Å².